The molecule has 1 N–H and O–H groups in total. The van der Waals surface area contributed by atoms with E-state index in [-0.39, 0.29) is 0 Å². The zero-order chi connectivity index (χ0) is 15.8. The van der Waals surface area contributed by atoms with Crippen LogP contribution in [0.1, 0.15) is 70.5 Å². The summed E-state index contributed by atoms with van der Waals surface area (Å²) in [6.07, 6.45) is 2.37. The highest BCUT2D eigenvalue weighted by Crippen LogP contribution is 2.20. The van der Waals surface area contributed by atoms with Crippen molar-refractivity contribution in [3.8, 4) is 0 Å². The normalized spacial score (nSPS) is 14.7. The molecule has 0 saturated heterocycles. The average molecular weight is 290 g/mol. The van der Waals surface area contributed by atoms with E-state index in [2.05, 4.69) is 76.1 Å². The first-order valence-electron chi connectivity index (χ1n) is 8.53. The van der Waals surface area contributed by atoms with Gasteiger partial charge in [0.1, 0.15) is 0 Å². The summed E-state index contributed by atoms with van der Waals surface area (Å²) in [7, 11) is 2.23. The van der Waals surface area contributed by atoms with Crippen LogP contribution >= 0.6 is 0 Å². The maximum Gasteiger partial charge on any atom is 0.0449 e. The molecule has 21 heavy (non-hydrogen) atoms. The minimum atomic E-state index is 0.421. The summed E-state index contributed by atoms with van der Waals surface area (Å²) in [5.74, 6) is 0.601. The molecule has 1 aromatic carbocycles. The summed E-state index contributed by atoms with van der Waals surface area (Å²) in [5.41, 5.74) is 2.83. The van der Waals surface area contributed by atoms with E-state index >= 15 is 0 Å². The molecule has 1 rings (SSSR count). The third kappa shape index (κ3) is 5.80. The van der Waals surface area contributed by atoms with E-state index in [0.717, 1.165) is 13.1 Å². The molecule has 0 radical (unpaired) electrons. The Kier molecular flexibility index (Phi) is 7.98. The highest BCUT2D eigenvalue weighted by Gasteiger charge is 2.16. The molecule has 0 fully saturated rings. The van der Waals surface area contributed by atoms with Crippen LogP contribution in [0.15, 0.2) is 24.3 Å². The lowest BCUT2D eigenvalue weighted by Gasteiger charge is -2.29. The monoisotopic (exact) mass is 290 g/mol. The molecule has 2 heteroatoms. The Bertz CT molecular complexity index is 383. The first-order valence-corrected chi connectivity index (χ1v) is 8.53. The fraction of sp³-hybridized carbons (Fsp3) is 0.684. The van der Waals surface area contributed by atoms with Gasteiger partial charge in [0.05, 0.1) is 0 Å². The predicted octanol–water partition coefficient (Wildman–Crippen LogP) is 4.58. The van der Waals surface area contributed by atoms with Crippen LogP contribution < -0.4 is 5.32 Å². The van der Waals surface area contributed by atoms with Gasteiger partial charge in [0.2, 0.25) is 0 Å². The molecule has 0 aliphatic carbocycles. The quantitative estimate of drug-likeness (QED) is 0.716. The molecule has 1 aromatic rings. The third-order valence-corrected chi connectivity index (χ3v) is 4.46. The molecule has 2 nitrogen and oxygen atoms in total. The molecule has 0 amide bonds. The number of nitrogens with one attached hydrogen (secondary N) is 1. The van der Waals surface area contributed by atoms with Gasteiger partial charge in [-0.1, -0.05) is 52.0 Å². The molecule has 0 aromatic heterocycles. The Morgan fingerprint density at radius 3 is 2.05 bits per heavy atom. The summed E-state index contributed by atoms with van der Waals surface area (Å²) >= 11 is 0. The van der Waals surface area contributed by atoms with Crippen molar-refractivity contribution in [1.82, 2.24) is 10.2 Å². The van der Waals surface area contributed by atoms with Gasteiger partial charge in [-0.25, -0.2) is 0 Å². The Labute approximate surface area is 131 Å². The number of hydrogen-bond donors (Lipinski definition) is 1. The van der Waals surface area contributed by atoms with Gasteiger partial charge >= 0.3 is 0 Å². The van der Waals surface area contributed by atoms with Gasteiger partial charge in [0.25, 0.3) is 0 Å². The van der Waals surface area contributed by atoms with Gasteiger partial charge in [0.15, 0.2) is 0 Å². The Morgan fingerprint density at radius 2 is 1.57 bits per heavy atom. The van der Waals surface area contributed by atoms with Gasteiger partial charge in [-0.15, -0.1) is 0 Å². The second-order valence-electron chi connectivity index (χ2n) is 6.52. The van der Waals surface area contributed by atoms with Crippen molar-refractivity contribution in [2.45, 2.75) is 65.5 Å². The van der Waals surface area contributed by atoms with Gasteiger partial charge in [-0.2, -0.15) is 0 Å². The molecule has 120 valence electrons. The molecule has 2 unspecified atom stereocenters. The summed E-state index contributed by atoms with van der Waals surface area (Å²) in [6, 6.07) is 10.2. The van der Waals surface area contributed by atoms with E-state index in [1.54, 1.807) is 0 Å². The van der Waals surface area contributed by atoms with Crippen LogP contribution in [0.25, 0.3) is 0 Å². The largest absolute Gasteiger partial charge is 0.309 e. The van der Waals surface area contributed by atoms with Gasteiger partial charge in [-0.05, 0) is 50.4 Å². The van der Waals surface area contributed by atoms with Crippen molar-refractivity contribution >= 4 is 0 Å². The minimum absolute atomic E-state index is 0.421. The van der Waals surface area contributed by atoms with Crippen molar-refractivity contribution < 1.29 is 0 Å². The van der Waals surface area contributed by atoms with Crippen molar-refractivity contribution in [2.24, 2.45) is 0 Å². The lowest BCUT2D eigenvalue weighted by molar-refractivity contribution is 0.224. The molecular formula is C19H34N2. The minimum Gasteiger partial charge on any atom is -0.309 e. The fourth-order valence-electron chi connectivity index (χ4n) is 2.50. The summed E-state index contributed by atoms with van der Waals surface area (Å²) in [5, 5.41) is 3.70. The van der Waals surface area contributed by atoms with Crippen molar-refractivity contribution in [2.75, 3.05) is 20.1 Å². The summed E-state index contributed by atoms with van der Waals surface area (Å²) < 4.78 is 0. The van der Waals surface area contributed by atoms with Crippen LogP contribution in [-0.2, 0) is 0 Å². The van der Waals surface area contributed by atoms with Crippen molar-refractivity contribution in [3.05, 3.63) is 35.4 Å². The second-order valence-corrected chi connectivity index (χ2v) is 6.52. The predicted molar refractivity (Wildman–Crippen MR) is 93.9 cm³/mol. The zero-order valence-electron chi connectivity index (χ0n) is 14.8. The van der Waals surface area contributed by atoms with Crippen molar-refractivity contribution in [3.63, 3.8) is 0 Å². The molecule has 0 bridgehead atoms. The topological polar surface area (TPSA) is 15.3 Å². The van der Waals surface area contributed by atoms with Crippen LogP contribution in [0.2, 0.25) is 0 Å². The first-order chi connectivity index (χ1) is 9.99. The molecular weight excluding hydrogens is 256 g/mol. The molecule has 0 saturated carbocycles. The Hall–Kier alpha value is -0.860. The lowest BCUT2D eigenvalue weighted by Crippen LogP contribution is -2.37. The van der Waals surface area contributed by atoms with Crippen molar-refractivity contribution in [1.29, 1.82) is 0 Å². The molecule has 0 heterocycles. The van der Waals surface area contributed by atoms with Gasteiger partial charge < -0.3 is 10.2 Å². The Balaban J connectivity index is 2.80. The summed E-state index contributed by atoms with van der Waals surface area (Å²) in [4.78, 5) is 2.46. The van der Waals surface area contributed by atoms with E-state index in [1.165, 1.54) is 24.0 Å². The number of likely N-dealkylation sites (N-methyl/N-ethyl adjacent to an activating group) is 1. The molecule has 0 aliphatic heterocycles. The third-order valence-electron chi connectivity index (χ3n) is 4.46. The molecule has 0 aliphatic rings. The zero-order valence-corrected chi connectivity index (χ0v) is 14.8. The number of rotatable bonds is 9. The van der Waals surface area contributed by atoms with Crippen LogP contribution in [0.4, 0.5) is 0 Å². The highest BCUT2D eigenvalue weighted by atomic mass is 15.1. The van der Waals surface area contributed by atoms with Crippen LogP contribution in [0.5, 0.6) is 0 Å². The Morgan fingerprint density at radius 1 is 1.00 bits per heavy atom. The number of benzene rings is 1. The van der Waals surface area contributed by atoms with Crippen LogP contribution in [-0.4, -0.2) is 31.1 Å². The van der Waals surface area contributed by atoms with Gasteiger partial charge in [0, 0.05) is 18.6 Å². The summed E-state index contributed by atoms with van der Waals surface area (Å²) in [6.45, 7) is 13.4. The number of hydrogen-bond acceptors (Lipinski definition) is 2. The van der Waals surface area contributed by atoms with Crippen LogP contribution in [0.3, 0.4) is 0 Å². The average Bonchev–Trinajstić information content (AvgIpc) is 2.50. The van der Waals surface area contributed by atoms with Gasteiger partial charge in [-0.3, -0.25) is 0 Å². The van der Waals surface area contributed by atoms with E-state index in [4.69, 9.17) is 0 Å². The highest BCUT2D eigenvalue weighted by molar-refractivity contribution is 5.27. The first kappa shape index (κ1) is 18.2. The molecule has 2 atom stereocenters. The van der Waals surface area contributed by atoms with E-state index in [0.29, 0.717) is 18.0 Å². The molecule has 0 spiro atoms. The van der Waals surface area contributed by atoms with E-state index < -0.39 is 0 Å². The smallest absolute Gasteiger partial charge is 0.0449 e. The standard InChI is InChI=1S/C19H34N2/c1-7-13-20-19(14-21(6)16(5)8-2)18-11-9-17(10-12-18)15(3)4/h9-12,15-16,19-20H,7-8,13-14H2,1-6H3. The SMILES string of the molecule is CCCNC(CN(C)C(C)CC)c1ccc(C(C)C)cc1. The maximum atomic E-state index is 3.70. The lowest BCUT2D eigenvalue weighted by atomic mass is 9.98. The number of nitrogens with zero attached hydrogens (tertiary/aromatic N) is 1. The van der Waals surface area contributed by atoms with E-state index in [1.807, 2.05) is 0 Å². The maximum absolute atomic E-state index is 3.70. The van der Waals surface area contributed by atoms with Crippen LogP contribution in [0, 0.1) is 0 Å². The second kappa shape index (κ2) is 9.22. The fourth-order valence-corrected chi connectivity index (χ4v) is 2.50. The van der Waals surface area contributed by atoms with E-state index in [9.17, 15) is 0 Å².